The predicted octanol–water partition coefficient (Wildman–Crippen LogP) is 2.32. The molecule has 0 saturated heterocycles. The van der Waals surface area contributed by atoms with Crippen molar-refractivity contribution in [2.45, 2.75) is 0 Å². The predicted molar refractivity (Wildman–Crippen MR) is 97.8 cm³/mol. The summed E-state index contributed by atoms with van der Waals surface area (Å²) < 4.78 is 6.75. The highest BCUT2D eigenvalue weighted by Crippen LogP contribution is 2.24. The van der Waals surface area contributed by atoms with Gasteiger partial charge in [0.05, 0.1) is 19.4 Å². The highest BCUT2D eigenvalue weighted by atomic mass is 35.5. The molecule has 7 nitrogen and oxygen atoms in total. The van der Waals surface area contributed by atoms with Crippen LogP contribution in [-0.4, -0.2) is 46.0 Å². The first-order chi connectivity index (χ1) is 12.6. The first-order valence-electron chi connectivity index (χ1n) is 7.89. The Labute approximate surface area is 155 Å². The number of carbonyl (C=O) groups is 1. The fourth-order valence-corrected chi connectivity index (χ4v) is 2.47. The molecule has 1 heterocycles. The van der Waals surface area contributed by atoms with Crippen LogP contribution in [0.1, 0.15) is 10.6 Å². The molecule has 1 aromatic heterocycles. The van der Waals surface area contributed by atoms with Crippen LogP contribution in [0.4, 0.5) is 0 Å². The van der Waals surface area contributed by atoms with Crippen LogP contribution in [0, 0.1) is 0 Å². The molecule has 3 rings (SSSR count). The molecule has 0 bridgehead atoms. The molecule has 0 fully saturated rings. The number of hydrogen-bond acceptors (Lipinski definition) is 5. The maximum Gasteiger partial charge on any atom is 0.291 e. The van der Waals surface area contributed by atoms with Gasteiger partial charge in [-0.1, -0.05) is 11.6 Å². The zero-order valence-electron chi connectivity index (χ0n) is 14.0. The lowest BCUT2D eigenvalue weighted by Gasteiger charge is -2.07. The molecule has 3 aromatic rings. The van der Waals surface area contributed by atoms with Crippen LogP contribution in [0.2, 0.25) is 5.02 Å². The molecule has 0 aliphatic heterocycles. The fraction of sp³-hybridized carbons (Fsp3) is 0.167. The summed E-state index contributed by atoms with van der Waals surface area (Å²) in [4.78, 5) is 16.6. The van der Waals surface area contributed by atoms with Crippen molar-refractivity contribution < 1.29 is 14.6 Å². The van der Waals surface area contributed by atoms with Gasteiger partial charge in [0, 0.05) is 17.1 Å². The van der Waals surface area contributed by atoms with Crippen molar-refractivity contribution in [2.24, 2.45) is 0 Å². The number of benzene rings is 2. The van der Waals surface area contributed by atoms with E-state index in [-0.39, 0.29) is 19.0 Å². The third-order valence-electron chi connectivity index (χ3n) is 3.63. The van der Waals surface area contributed by atoms with Gasteiger partial charge in [-0.2, -0.15) is 0 Å². The maximum absolute atomic E-state index is 12.2. The van der Waals surface area contributed by atoms with Gasteiger partial charge in [-0.05, 0) is 48.5 Å². The van der Waals surface area contributed by atoms with Crippen LogP contribution < -0.4 is 10.1 Å². The van der Waals surface area contributed by atoms with Gasteiger partial charge >= 0.3 is 0 Å². The Hall–Kier alpha value is -2.90. The summed E-state index contributed by atoms with van der Waals surface area (Å²) in [6, 6.07) is 14.3. The van der Waals surface area contributed by atoms with Crippen molar-refractivity contribution >= 4 is 17.5 Å². The Morgan fingerprint density at radius 1 is 1.19 bits per heavy atom. The van der Waals surface area contributed by atoms with Gasteiger partial charge in [0.1, 0.15) is 5.75 Å². The molecule has 0 unspecified atom stereocenters. The standard InChI is InChI=1S/C18H17ClN4O3/c1-26-15-8-6-14(7-9-15)23-17(12-2-4-13(19)5-3-12)21-16(22-23)18(25)20-10-11-24/h2-9,24H,10-11H2,1H3,(H,20,25). The number of hydrogen-bond donors (Lipinski definition) is 2. The minimum atomic E-state index is -0.457. The number of methoxy groups -OCH3 is 1. The summed E-state index contributed by atoms with van der Waals surface area (Å²) in [5.41, 5.74) is 1.49. The van der Waals surface area contributed by atoms with Crippen LogP contribution in [-0.2, 0) is 0 Å². The van der Waals surface area contributed by atoms with Gasteiger partial charge < -0.3 is 15.2 Å². The number of amides is 1. The lowest BCUT2D eigenvalue weighted by Crippen LogP contribution is -2.27. The zero-order chi connectivity index (χ0) is 18.5. The average Bonchev–Trinajstić information content (AvgIpc) is 3.12. The fourth-order valence-electron chi connectivity index (χ4n) is 2.35. The Morgan fingerprint density at radius 2 is 1.88 bits per heavy atom. The second kappa shape index (κ2) is 7.99. The monoisotopic (exact) mass is 372 g/mol. The molecule has 0 spiro atoms. The van der Waals surface area contributed by atoms with Gasteiger partial charge in [0.25, 0.3) is 5.91 Å². The van der Waals surface area contributed by atoms with Gasteiger partial charge in [0.15, 0.2) is 5.82 Å². The molecule has 1 amide bonds. The topological polar surface area (TPSA) is 89.3 Å². The molecular weight excluding hydrogens is 356 g/mol. The Bertz CT molecular complexity index is 892. The molecular formula is C18H17ClN4O3. The number of nitrogens with one attached hydrogen (secondary N) is 1. The second-order valence-corrected chi connectivity index (χ2v) is 5.79. The van der Waals surface area contributed by atoms with Gasteiger partial charge in [-0.25, -0.2) is 9.67 Å². The maximum atomic E-state index is 12.2. The molecule has 8 heteroatoms. The van der Waals surface area contributed by atoms with Crippen molar-refractivity contribution in [1.29, 1.82) is 0 Å². The second-order valence-electron chi connectivity index (χ2n) is 5.36. The normalized spacial score (nSPS) is 10.6. The van der Waals surface area contributed by atoms with E-state index < -0.39 is 5.91 Å². The zero-order valence-corrected chi connectivity index (χ0v) is 14.8. The Morgan fingerprint density at radius 3 is 2.50 bits per heavy atom. The summed E-state index contributed by atoms with van der Waals surface area (Å²) in [7, 11) is 1.59. The van der Waals surface area contributed by atoms with Crippen molar-refractivity contribution in [3.05, 3.63) is 59.4 Å². The molecule has 0 radical (unpaired) electrons. The lowest BCUT2D eigenvalue weighted by atomic mass is 10.2. The quantitative estimate of drug-likeness (QED) is 0.693. The van der Waals surface area contributed by atoms with E-state index in [1.807, 2.05) is 24.3 Å². The van der Waals surface area contributed by atoms with Gasteiger partial charge in [-0.3, -0.25) is 4.79 Å². The van der Waals surface area contributed by atoms with Crippen molar-refractivity contribution in [2.75, 3.05) is 20.3 Å². The van der Waals surface area contributed by atoms with Crippen molar-refractivity contribution in [3.8, 4) is 22.8 Å². The number of aliphatic hydroxyl groups excluding tert-OH is 1. The molecule has 26 heavy (non-hydrogen) atoms. The van der Waals surface area contributed by atoms with E-state index in [0.717, 1.165) is 11.3 Å². The molecule has 2 aromatic carbocycles. The van der Waals surface area contributed by atoms with E-state index in [9.17, 15) is 4.79 Å². The molecule has 0 aliphatic carbocycles. The van der Waals surface area contributed by atoms with Crippen molar-refractivity contribution in [1.82, 2.24) is 20.1 Å². The summed E-state index contributed by atoms with van der Waals surface area (Å²) >= 11 is 5.96. The molecule has 0 aliphatic rings. The smallest absolute Gasteiger partial charge is 0.291 e. The number of ether oxygens (including phenoxy) is 1. The minimum Gasteiger partial charge on any atom is -0.497 e. The number of halogens is 1. The summed E-state index contributed by atoms with van der Waals surface area (Å²) in [5, 5.41) is 16.3. The molecule has 0 atom stereocenters. The Kier molecular flexibility index (Phi) is 5.50. The van der Waals surface area contributed by atoms with E-state index in [4.69, 9.17) is 21.4 Å². The lowest BCUT2D eigenvalue weighted by molar-refractivity contribution is 0.0934. The van der Waals surface area contributed by atoms with E-state index in [1.165, 1.54) is 0 Å². The highest BCUT2D eigenvalue weighted by molar-refractivity contribution is 6.30. The number of nitrogens with zero attached hydrogens (tertiary/aromatic N) is 3. The van der Waals surface area contributed by atoms with E-state index in [1.54, 1.807) is 36.1 Å². The highest BCUT2D eigenvalue weighted by Gasteiger charge is 2.18. The average molecular weight is 373 g/mol. The van der Waals surface area contributed by atoms with E-state index in [2.05, 4.69) is 15.4 Å². The van der Waals surface area contributed by atoms with Crippen LogP contribution >= 0.6 is 11.6 Å². The Balaban J connectivity index is 2.05. The largest absolute Gasteiger partial charge is 0.497 e. The number of carbonyl (C=O) groups excluding carboxylic acids is 1. The van der Waals surface area contributed by atoms with Crippen LogP contribution in [0.3, 0.4) is 0 Å². The molecule has 134 valence electrons. The summed E-state index contributed by atoms with van der Waals surface area (Å²) in [6.45, 7) is -0.0266. The van der Waals surface area contributed by atoms with Crippen LogP contribution in [0.5, 0.6) is 5.75 Å². The van der Waals surface area contributed by atoms with E-state index >= 15 is 0 Å². The third-order valence-corrected chi connectivity index (χ3v) is 3.88. The first kappa shape index (κ1) is 17.9. The number of rotatable bonds is 6. The van der Waals surface area contributed by atoms with Crippen LogP contribution in [0.15, 0.2) is 48.5 Å². The number of aromatic nitrogens is 3. The first-order valence-corrected chi connectivity index (χ1v) is 8.26. The van der Waals surface area contributed by atoms with Gasteiger partial charge in [0.2, 0.25) is 5.82 Å². The van der Waals surface area contributed by atoms with Crippen LogP contribution in [0.25, 0.3) is 17.1 Å². The van der Waals surface area contributed by atoms with Gasteiger partial charge in [-0.15, -0.1) is 5.10 Å². The van der Waals surface area contributed by atoms with Crippen molar-refractivity contribution in [3.63, 3.8) is 0 Å². The summed E-state index contributed by atoms with van der Waals surface area (Å²) in [6.07, 6.45) is 0. The number of aliphatic hydroxyl groups is 1. The van der Waals surface area contributed by atoms with E-state index in [0.29, 0.717) is 16.6 Å². The summed E-state index contributed by atoms with van der Waals surface area (Å²) in [5.74, 6) is 0.768. The SMILES string of the molecule is COc1ccc(-n2nc(C(=O)NCCO)nc2-c2ccc(Cl)cc2)cc1. The minimum absolute atomic E-state index is 0.0132. The molecule has 2 N–H and O–H groups in total. The molecule has 0 saturated carbocycles. The third kappa shape index (κ3) is 3.84.